The van der Waals surface area contributed by atoms with E-state index in [4.69, 9.17) is 21.9 Å². The van der Waals surface area contributed by atoms with Crippen LogP contribution in [0, 0.1) is 5.92 Å². The number of fused-ring (bicyclic) bond motifs is 1. The van der Waals surface area contributed by atoms with Crippen LogP contribution in [0.1, 0.15) is 30.5 Å². The van der Waals surface area contributed by atoms with Gasteiger partial charge in [0, 0.05) is 18.0 Å². The number of nitrogen functional groups attached to an aromatic ring is 1. The second-order valence-electron chi connectivity index (χ2n) is 7.56. The van der Waals surface area contributed by atoms with Crippen molar-refractivity contribution in [3.05, 3.63) is 58.7 Å². The van der Waals surface area contributed by atoms with Crippen LogP contribution in [0.15, 0.2) is 47.0 Å². The molecule has 1 fully saturated rings. The maximum atomic E-state index is 6.16. The number of halogens is 1. The molecule has 2 aromatic carbocycles. The van der Waals surface area contributed by atoms with Crippen LogP contribution in [0.5, 0.6) is 0 Å². The second kappa shape index (κ2) is 8.32. The Balaban J connectivity index is 1.26. The van der Waals surface area contributed by atoms with Gasteiger partial charge in [-0.25, -0.2) is 0 Å². The first-order valence-electron chi connectivity index (χ1n) is 9.78. The van der Waals surface area contributed by atoms with Gasteiger partial charge in [0.15, 0.2) is 5.58 Å². The fraction of sp³-hybridized carbons (Fsp3) is 0.409. The average Bonchev–Trinajstić information content (AvgIpc) is 3.08. The van der Waals surface area contributed by atoms with E-state index in [1.165, 1.54) is 31.5 Å². The standard InChI is InChI=1S/C22H26ClN3O/c23-19-14-18-21(25-27-22(18)15-20(19)24)7-6-17-9-12-26(13-10-17)11-8-16-4-2-1-3-5-16/h1-5,14-15,17H,6-13,24H2. The Bertz CT molecular complexity index is 885. The van der Waals surface area contributed by atoms with Crippen LogP contribution >= 0.6 is 11.6 Å². The van der Waals surface area contributed by atoms with E-state index in [0.29, 0.717) is 10.7 Å². The Hall–Kier alpha value is -2.04. The fourth-order valence-electron chi connectivity index (χ4n) is 3.98. The quantitative estimate of drug-likeness (QED) is 0.612. The van der Waals surface area contributed by atoms with Crippen LogP contribution in [0.25, 0.3) is 11.0 Å². The maximum Gasteiger partial charge on any atom is 0.169 e. The molecule has 0 amide bonds. The largest absolute Gasteiger partial charge is 0.397 e. The van der Waals surface area contributed by atoms with Gasteiger partial charge in [0.05, 0.1) is 16.4 Å². The summed E-state index contributed by atoms with van der Waals surface area (Å²) in [6.45, 7) is 3.55. The zero-order chi connectivity index (χ0) is 18.6. The molecule has 0 bridgehead atoms. The van der Waals surface area contributed by atoms with Gasteiger partial charge in [0.25, 0.3) is 0 Å². The van der Waals surface area contributed by atoms with Crippen molar-refractivity contribution in [2.45, 2.75) is 32.1 Å². The molecule has 1 saturated heterocycles. The molecule has 0 saturated carbocycles. The number of hydrogen-bond donors (Lipinski definition) is 1. The average molecular weight is 384 g/mol. The van der Waals surface area contributed by atoms with Crippen molar-refractivity contribution in [3.8, 4) is 0 Å². The summed E-state index contributed by atoms with van der Waals surface area (Å²) in [4.78, 5) is 2.59. The molecule has 0 aliphatic carbocycles. The van der Waals surface area contributed by atoms with Crippen LogP contribution in [0.4, 0.5) is 5.69 Å². The molecule has 4 nitrogen and oxygen atoms in total. The lowest BCUT2D eigenvalue weighted by Crippen LogP contribution is -2.35. The summed E-state index contributed by atoms with van der Waals surface area (Å²) >= 11 is 6.16. The van der Waals surface area contributed by atoms with Crippen LogP contribution in [-0.2, 0) is 12.8 Å². The highest BCUT2D eigenvalue weighted by Gasteiger charge is 2.20. The molecule has 5 heteroatoms. The molecule has 142 valence electrons. The van der Waals surface area contributed by atoms with Gasteiger partial charge in [0.2, 0.25) is 0 Å². The lowest BCUT2D eigenvalue weighted by atomic mass is 9.91. The van der Waals surface area contributed by atoms with E-state index in [9.17, 15) is 0 Å². The Kier molecular flexibility index (Phi) is 5.65. The van der Waals surface area contributed by atoms with Gasteiger partial charge in [0.1, 0.15) is 0 Å². The third-order valence-electron chi connectivity index (χ3n) is 5.72. The van der Waals surface area contributed by atoms with Crippen LogP contribution in [0.3, 0.4) is 0 Å². The molecular formula is C22H26ClN3O. The number of anilines is 1. The summed E-state index contributed by atoms with van der Waals surface area (Å²) in [5.74, 6) is 0.758. The zero-order valence-electron chi connectivity index (χ0n) is 15.5. The highest BCUT2D eigenvalue weighted by Crippen LogP contribution is 2.30. The van der Waals surface area contributed by atoms with Gasteiger partial charge in [-0.1, -0.05) is 47.1 Å². The molecule has 4 rings (SSSR count). The summed E-state index contributed by atoms with van der Waals surface area (Å²) in [5, 5.41) is 5.80. The van der Waals surface area contributed by atoms with Crippen LogP contribution in [-0.4, -0.2) is 29.7 Å². The van der Waals surface area contributed by atoms with E-state index < -0.39 is 0 Å². The van der Waals surface area contributed by atoms with Crippen LogP contribution in [0.2, 0.25) is 5.02 Å². The maximum absolute atomic E-state index is 6.16. The topological polar surface area (TPSA) is 55.3 Å². The smallest absolute Gasteiger partial charge is 0.169 e. The highest BCUT2D eigenvalue weighted by molar-refractivity contribution is 6.33. The summed E-state index contributed by atoms with van der Waals surface area (Å²) < 4.78 is 5.42. The van der Waals surface area contributed by atoms with Gasteiger partial charge < -0.3 is 15.2 Å². The van der Waals surface area contributed by atoms with Crippen molar-refractivity contribution < 1.29 is 4.52 Å². The fourth-order valence-corrected chi connectivity index (χ4v) is 4.14. The molecule has 0 unspecified atom stereocenters. The number of benzene rings is 2. The Morgan fingerprint density at radius 1 is 1.11 bits per heavy atom. The van der Waals surface area contributed by atoms with E-state index in [0.717, 1.165) is 48.4 Å². The van der Waals surface area contributed by atoms with E-state index in [1.807, 2.05) is 6.07 Å². The minimum absolute atomic E-state index is 0.537. The zero-order valence-corrected chi connectivity index (χ0v) is 16.3. The van der Waals surface area contributed by atoms with Crippen molar-refractivity contribution >= 4 is 28.3 Å². The normalized spacial score (nSPS) is 16.2. The summed E-state index contributed by atoms with van der Waals surface area (Å²) in [6.07, 6.45) is 5.75. The number of nitrogens with two attached hydrogens (primary N) is 1. The van der Waals surface area contributed by atoms with Gasteiger partial charge in [-0.05, 0) is 62.7 Å². The van der Waals surface area contributed by atoms with Crippen molar-refractivity contribution in [1.82, 2.24) is 10.1 Å². The number of aryl methyl sites for hydroxylation is 1. The molecule has 0 spiro atoms. The second-order valence-corrected chi connectivity index (χ2v) is 7.97. The monoisotopic (exact) mass is 383 g/mol. The minimum Gasteiger partial charge on any atom is -0.397 e. The number of rotatable bonds is 6. The number of likely N-dealkylation sites (tertiary alicyclic amines) is 1. The van der Waals surface area contributed by atoms with E-state index in [1.54, 1.807) is 6.07 Å². The first-order chi connectivity index (χ1) is 13.2. The Morgan fingerprint density at radius 2 is 1.89 bits per heavy atom. The molecular weight excluding hydrogens is 358 g/mol. The molecule has 2 N–H and O–H groups in total. The molecule has 1 aliphatic heterocycles. The van der Waals surface area contributed by atoms with Gasteiger partial charge in [-0.15, -0.1) is 0 Å². The number of piperidine rings is 1. The Morgan fingerprint density at radius 3 is 2.67 bits per heavy atom. The van der Waals surface area contributed by atoms with Crippen molar-refractivity contribution in [2.75, 3.05) is 25.4 Å². The van der Waals surface area contributed by atoms with E-state index in [-0.39, 0.29) is 0 Å². The van der Waals surface area contributed by atoms with Crippen molar-refractivity contribution in [1.29, 1.82) is 0 Å². The van der Waals surface area contributed by atoms with E-state index >= 15 is 0 Å². The number of nitrogens with zero attached hydrogens (tertiary/aromatic N) is 2. The first kappa shape index (κ1) is 18.3. The summed E-state index contributed by atoms with van der Waals surface area (Å²) in [6, 6.07) is 14.4. The Labute approximate surface area is 165 Å². The van der Waals surface area contributed by atoms with E-state index in [2.05, 4.69) is 40.4 Å². The number of hydrogen-bond acceptors (Lipinski definition) is 4. The molecule has 27 heavy (non-hydrogen) atoms. The predicted octanol–water partition coefficient (Wildman–Crippen LogP) is 4.95. The number of aromatic nitrogens is 1. The van der Waals surface area contributed by atoms with Gasteiger partial charge >= 0.3 is 0 Å². The van der Waals surface area contributed by atoms with Crippen LogP contribution < -0.4 is 5.73 Å². The first-order valence-corrected chi connectivity index (χ1v) is 10.2. The molecule has 0 atom stereocenters. The third kappa shape index (κ3) is 4.45. The molecule has 3 aromatic rings. The predicted molar refractivity (Wildman–Crippen MR) is 111 cm³/mol. The minimum atomic E-state index is 0.537. The molecule has 1 aromatic heterocycles. The van der Waals surface area contributed by atoms with Crippen molar-refractivity contribution in [2.24, 2.45) is 5.92 Å². The molecule has 2 heterocycles. The van der Waals surface area contributed by atoms with Gasteiger partial charge in [-0.2, -0.15) is 0 Å². The third-order valence-corrected chi connectivity index (χ3v) is 6.05. The molecule has 0 radical (unpaired) electrons. The molecule has 1 aliphatic rings. The lowest BCUT2D eigenvalue weighted by molar-refractivity contribution is 0.180. The van der Waals surface area contributed by atoms with Crippen molar-refractivity contribution in [3.63, 3.8) is 0 Å². The summed E-state index contributed by atoms with van der Waals surface area (Å²) in [7, 11) is 0. The lowest BCUT2D eigenvalue weighted by Gasteiger charge is -2.31. The summed E-state index contributed by atoms with van der Waals surface area (Å²) in [5.41, 5.74) is 9.52. The van der Waals surface area contributed by atoms with Gasteiger partial charge in [-0.3, -0.25) is 0 Å². The SMILES string of the molecule is Nc1cc2onc(CCC3CCN(CCc4ccccc4)CC3)c2cc1Cl. The highest BCUT2D eigenvalue weighted by atomic mass is 35.5.